The molecule has 2 aliphatic rings. The second kappa shape index (κ2) is 11.8. The van der Waals surface area contributed by atoms with Crippen LogP contribution < -0.4 is 15.5 Å². The van der Waals surface area contributed by atoms with E-state index in [9.17, 15) is 13.6 Å². The summed E-state index contributed by atoms with van der Waals surface area (Å²) in [5, 5.41) is 6.57. The van der Waals surface area contributed by atoms with Gasteiger partial charge in [0.05, 0.1) is 36.8 Å². The first-order chi connectivity index (χ1) is 18.8. The number of alkyl halides is 2. The van der Waals surface area contributed by atoms with Crippen LogP contribution in [0, 0.1) is 0 Å². The minimum absolute atomic E-state index is 0.0270. The summed E-state index contributed by atoms with van der Waals surface area (Å²) in [6.45, 7) is 4.18. The second-order valence-corrected chi connectivity index (χ2v) is 10.6. The van der Waals surface area contributed by atoms with Gasteiger partial charge in [-0.2, -0.15) is 9.97 Å². The number of imidazole rings is 1. The normalized spacial score (nSPS) is 22.0. The van der Waals surface area contributed by atoms with Crippen molar-refractivity contribution in [1.82, 2.24) is 29.7 Å². The number of halogens is 2. The topological polar surface area (TPSA) is 100 Å². The number of hydrogen-bond donors (Lipinski definition) is 2. The SMILES string of the molecule is C[C@@H]1COCCN1c1cc(-n2c(C(F)F)nc3ccccc32)nc(NC2CCC(NC(=O)CN(C)C)CC2)n1. The van der Waals surface area contributed by atoms with Crippen LogP contribution in [-0.4, -0.2) is 88.9 Å². The van der Waals surface area contributed by atoms with E-state index < -0.39 is 6.43 Å². The molecule has 210 valence electrons. The molecule has 1 aliphatic heterocycles. The van der Waals surface area contributed by atoms with E-state index in [1.54, 1.807) is 30.3 Å². The van der Waals surface area contributed by atoms with Gasteiger partial charge >= 0.3 is 0 Å². The Morgan fingerprint density at radius 2 is 1.82 bits per heavy atom. The summed E-state index contributed by atoms with van der Waals surface area (Å²) in [4.78, 5) is 29.9. The molecule has 39 heavy (non-hydrogen) atoms. The molecule has 1 amide bonds. The van der Waals surface area contributed by atoms with E-state index in [-0.39, 0.29) is 29.9 Å². The number of aromatic nitrogens is 4. The fourth-order valence-corrected chi connectivity index (χ4v) is 5.37. The van der Waals surface area contributed by atoms with Crippen molar-refractivity contribution in [2.24, 2.45) is 0 Å². The highest BCUT2D eigenvalue weighted by Crippen LogP contribution is 2.30. The number of carbonyl (C=O) groups excluding carboxylic acids is 1. The lowest BCUT2D eigenvalue weighted by atomic mass is 9.91. The zero-order valence-corrected chi connectivity index (χ0v) is 22.6. The van der Waals surface area contributed by atoms with E-state index in [4.69, 9.17) is 14.7 Å². The number of para-hydroxylation sites is 2. The van der Waals surface area contributed by atoms with Gasteiger partial charge in [-0.05, 0) is 58.8 Å². The Morgan fingerprint density at radius 1 is 1.10 bits per heavy atom. The van der Waals surface area contributed by atoms with Gasteiger partial charge in [0.25, 0.3) is 6.43 Å². The van der Waals surface area contributed by atoms with Crippen LogP contribution in [0.3, 0.4) is 0 Å². The molecule has 2 fully saturated rings. The zero-order valence-electron chi connectivity index (χ0n) is 22.6. The summed E-state index contributed by atoms with van der Waals surface area (Å²) < 4.78 is 35.3. The van der Waals surface area contributed by atoms with Crippen LogP contribution in [0.4, 0.5) is 20.5 Å². The van der Waals surface area contributed by atoms with E-state index in [2.05, 4.69) is 27.4 Å². The number of benzene rings is 1. The molecule has 0 radical (unpaired) electrons. The quantitative estimate of drug-likeness (QED) is 0.447. The van der Waals surface area contributed by atoms with Gasteiger partial charge in [-0.15, -0.1) is 0 Å². The van der Waals surface area contributed by atoms with Crippen LogP contribution in [0.1, 0.15) is 44.9 Å². The number of morpholine rings is 1. The number of amides is 1. The number of likely N-dealkylation sites (N-methyl/N-ethyl adjacent to an activating group) is 1. The first-order valence-corrected chi connectivity index (χ1v) is 13.5. The van der Waals surface area contributed by atoms with Gasteiger partial charge in [0.1, 0.15) is 11.6 Å². The van der Waals surface area contributed by atoms with E-state index in [0.717, 1.165) is 25.7 Å². The fourth-order valence-electron chi connectivity index (χ4n) is 5.37. The molecular weight excluding hydrogens is 506 g/mol. The molecule has 0 bridgehead atoms. The van der Waals surface area contributed by atoms with Crippen molar-refractivity contribution in [2.45, 2.75) is 57.2 Å². The monoisotopic (exact) mass is 542 g/mol. The van der Waals surface area contributed by atoms with Crippen molar-refractivity contribution >= 4 is 28.7 Å². The molecule has 1 aromatic carbocycles. The first-order valence-electron chi connectivity index (χ1n) is 13.5. The Labute approximate surface area is 226 Å². The highest BCUT2D eigenvalue weighted by atomic mass is 19.3. The van der Waals surface area contributed by atoms with Gasteiger partial charge < -0.3 is 25.2 Å². The fraction of sp³-hybridized carbons (Fsp3) is 0.556. The minimum atomic E-state index is -2.77. The van der Waals surface area contributed by atoms with Crippen LogP contribution in [0.15, 0.2) is 30.3 Å². The number of hydrogen-bond acceptors (Lipinski definition) is 8. The van der Waals surface area contributed by atoms with Gasteiger partial charge in [0.15, 0.2) is 5.82 Å². The van der Waals surface area contributed by atoms with Gasteiger partial charge in [-0.25, -0.2) is 13.8 Å². The van der Waals surface area contributed by atoms with Gasteiger partial charge in [0.2, 0.25) is 11.9 Å². The summed E-state index contributed by atoms with van der Waals surface area (Å²) in [5.41, 5.74) is 1.05. The Balaban J connectivity index is 1.43. The third kappa shape index (κ3) is 6.27. The third-order valence-corrected chi connectivity index (χ3v) is 7.26. The Morgan fingerprint density at radius 3 is 2.54 bits per heavy atom. The maximum atomic E-state index is 14.1. The molecule has 12 heteroatoms. The Hall–Kier alpha value is -3.38. The molecule has 1 saturated carbocycles. The van der Waals surface area contributed by atoms with E-state index in [1.807, 2.05) is 19.0 Å². The number of fused-ring (bicyclic) bond motifs is 1. The number of carbonyl (C=O) groups is 1. The molecule has 1 aliphatic carbocycles. The van der Waals surface area contributed by atoms with Crippen molar-refractivity contribution < 1.29 is 18.3 Å². The Bertz CT molecular complexity index is 1290. The highest BCUT2D eigenvalue weighted by molar-refractivity contribution is 5.79. The number of ether oxygens (including phenoxy) is 1. The predicted molar refractivity (Wildman–Crippen MR) is 146 cm³/mol. The lowest BCUT2D eigenvalue weighted by Gasteiger charge is -2.35. The predicted octanol–water partition coefficient (Wildman–Crippen LogP) is 3.38. The number of nitrogens with one attached hydrogen (secondary N) is 2. The van der Waals surface area contributed by atoms with Crippen LogP contribution in [0.2, 0.25) is 0 Å². The molecule has 10 nitrogen and oxygen atoms in total. The van der Waals surface area contributed by atoms with Crippen molar-refractivity contribution in [1.29, 1.82) is 0 Å². The molecule has 3 aromatic rings. The number of nitrogens with zero attached hydrogens (tertiary/aromatic N) is 6. The molecule has 1 saturated heterocycles. The number of rotatable bonds is 8. The van der Waals surface area contributed by atoms with Crippen molar-refractivity contribution in [2.75, 3.05) is 50.6 Å². The summed E-state index contributed by atoms with van der Waals surface area (Å²) in [6, 6.07) is 9.14. The van der Waals surface area contributed by atoms with Crippen LogP contribution in [0.25, 0.3) is 16.9 Å². The van der Waals surface area contributed by atoms with Crippen LogP contribution >= 0.6 is 0 Å². The summed E-state index contributed by atoms with van der Waals surface area (Å²) in [6.07, 6.45) is 0.574. The second-order valence-electron chi connectivity index (χ2n) is 10.6. The van der Waals surface area contributed by atoms with E-state index in [0.29, 0.717) is 54.9 Å². The van der Waals surface area contributed by atoms with Crippen molar-refractivity contribution in [3.05, 3.63) is 36.2 Å². The smallest absolute Gasteiger partial charge is 0.296 e. The first kappa shape index (κ1) is 27.2. The van der Waals surface area contributed by atoms with E-state index >= 15 is 0 Å². The lowest BCUT2D eigenvalue weighted by molar-refractivity contribution is -0.122. The molecular formula is C27H36F2N8O2. The van der Waals surface area contributed by atoms with E-state index in [1.165, 1.54) is 4.57 Å². The number of anilines is 2. The van der Waals surface area contributed by atoms with Crippen molar-refractivity contribution in [3.63, 3.8) is 0 Å². The average Bonchev–Trinajstić information content (AvgIpc) is 3.30. The maximum absolute atomic E-state index is 14.1. The highest BCUT2D eigenvalue weighted by Gasteiger charge is 2.27. The van der Waals surface area contributed by atoms with Crippen molar-refractivity contribution in [3.8, 4) is 5.82 Å². The summed E-state index contributed by atoms with van der Waals surface area (Å²) >= 11 is 0. The van der Waals surface area contributed by atoms with Gasteiger partial charge in [-0.3, -0.25) is 9.36 Å². The summed E-state index contributed by atoms with van der Waals surface area (Å²) in [5.74, 6) is 1.06. The lowest BCUT2D eigenvalue weighted by Crippen LogP contribution is -2.44. The van der Waals surface area contributed by atoms with Crippen LogP contribution in [0.5, 0.6) is 0 Å². The molecule has 2 aromatic heterocycles. The standard InChI is InChI=1S/C27H36F2N8O2/c1-17-16-39-13-12-36(17)22-14-23(37-21-7-5-4-6-20(21)32-26(37)25(28)29)34-27(33-22)31-19-10-8-18(9-11-19)30-24(38)15-35(2)3/h4-7,14,17-19,25H,8-13,15-16H2,1-3H3,(H,30,38)(H,31,33,34)/t17-,18?,19?/m1/s1. The van der Waals surface area contributed by atoms with Gasteiger partial charge in [-0.1, -0.05) is 12.1 Å². The molecule has 1 atom stereocenters. The minimum Gasteiger partial charge on any atom is -0.377 e. The summed E-state index contributed by atoms with van der Waals surface area (Å²) in [7, 11) is 3.74. The molecule has 0 spiro atoms. The maximum Gasteiger partial charge on any atom is 0.296 e. The third-order valence-electron chi connectivity index (χ3n) is 7.26. The largest absolute Gasteiger partial charge is 0.377 e. The zero-order chi connectivity index (χ0) is 27.5. The molecule has 2 N–H and O–H groups in total. The average molecular weight is 543 g/mol. The molecule has 3 heterocycles. The molecule has 5 rings (SSSR count). The van der Waals surface area contributed by atoms with Gasteiger partial charge in [0, 0.05) is 24.7 Å². The van der Waals surface area contributed by atoms with Crippen LogP contribution in [-0.2, 0) is 9.53 Å². The Kier molecular flexibility index (Phi) is 8.22. The molecule has 0 unspecified atom stereocenters.